The van der Waals surface area contributed by atoms with Gasteiger partial charge in [0.05, 0.1) is 18.7 Å². The number of nitrogens with zero attached hydrogens (tertiary/aromatic N) is 2. The number of para-hydroxylation sites is 1. The van der Waals surface area contributed by atoms with Gasteiger partial charge in [0.2, 0.25) is 0 Å². The van der Waals surface area contributed by atoms with Crippen molar-refractivity contribution in [2.24, 2.45) is 0 Å². The van der Waals surface area contributed by atoms with Crippen LogP contribution >= 0.6 is 0 Å². The Morgan fingerprint density at radius 2 is 1.76 bits per heavy atom. The van der Waals surface area contributed by atoms with Gasteiger partial charge in [-0.2, -0.15) is 5.10 Å². The van der Waals surface area contributed by atoms with Crippen molar-refractivity contribution in [2.75, 3.05) is 26.2 Å². The van der Waals surface area contributed by atoms with Gasteiger partial charge in [0.25, 0.3) is 5.91 Å². The molecule has 0 spiro atoms. The molecule has 6 heteroatoms. The Kier molecular flexibility index (Phi) is 5.77. The van der Waals surface area contributed by atoms with E-state index in [0.717, 1.165) is 16.5 Å². The Morgan fingerprint density at radius 3 is 2.56 bits per heavy atom. The predicted octanol–water partition coefficient (Wildman–Crippen LogP) is 1.40. The van der Waals surface area contributed by atoms with E-state index in [0.29, 0.717) is 31.9 Å². The number of carbonyl (C=O) groups excluding carboxylic acids is 1. The standard InChI is InChI=1S/C19H22N4O2/c24-13-12-20-10-11-21-19(25)18-16-8-4-5-9-17(16)23(22-18)14-15-6-2-1-3-7-15/h1-9,20,24H,10-14H2,(H,21,25). The molecule has 0 unspecified atom stereocenters. The predicted molar refractivity (Wildman–Crippen MR) is 97.6 cm³/mol. The zero-order chi connectivity index (χ0) is 17.5. The summed E-state index contributed by atoms with van der Waals surface area (Å²) in [6.07, 6.45) is 0. The van der Waals surface area contributed by atoms with E-state index in [-0.39, 0.29) is 12.5 Å². The molecule has 25 heavy (non-hydrogen) atoms. The molecule has 2 aromatic carbocycles. The lowest BCUT2D eigenvalue weighted by molar-refractivity contribution is 0.0949. The summed E-state index contributed by atoms with van der Waals surface area (Å²) in [5.41, 5.74) is 2.51. The average molecular weight is 338 g/mol. The molecular formula is C19H22N4O2. The maximum atomic E-state index is 12.5. The molecule has 0 aliphatic rings. The summed E-state index contributed by atoms with van der Waals surface area (Å²) in [4.78, 5) is 12.5. The van der Waals surface area contributed by atoms with Crippen LogP contribution in [0.4, 0.5) is 0 Å². The van der Waals surface area contributed by atoms with Crippen LogP contribution in [0.3, 0.4) is 0 Å². The van der Waals surface area contributed by atoms with Gasteiger partial charge in [-0.3, -0.25) is 9.48 Å². The van der Waals surface area contributed by atoms with Crippen LogP contribution in [0.5, 0.6) is 0 Å². The molecule has 3 N–H and O–H groups in total. The largest absolute Gasteiger partial charge is 0.395 e. The quantitative estimate of drug-likeness (QED) is 0.543. The van der Waals surface area contributed by atoms with E-state index in [1.54, 1.807) is 0 Å². The van der Waals surface area contributed by atoms with Crippen LogP contribution in [0, 0.1) is 0 Å². The number of hydrogen-bond acceptors (Lipinski definition) is 4. The van der Waals surface area contributed by atoms with Crippen molar-refractivity contribution in [3.05, 3.63) is 65.9 Å². The number of carbonyl (C=O) groups is 1. The van der Waals surface area contributed by atoms with E-state index in [1.807, 2.05) is 59.3 Å². The van der Waals surface area contributed by atoms with Gasteiger partial charge in [0.15, 0.2) is 5.69 Å². The summed E-state index contributed by atoms with van der Waals surface area (Å²) in [6.45, 7) is 2.31. The van der Waals surface area contributed by atoms with Crippen molar-refractivity contribution in [3.8, 4) is 0 Å². The lowest BCUT2D eigenvalue weighted by Crippen LogP contribution is -2.33. The Bertz CT molecular complexity index is 830. The third-order valence-electron chi connectivity index (χ3n) is 3.92. The first-order valence-corrected chi connectivity index (χ1v) is 8.39. The zero-order valence-corrected chi connectivity index (χ0v) is 14.0. The fourth-order valence-corrected chi connectivity index (χ4v) is 2.72. The van der Waals surface area contributed by atoms with Crippen LogP contribution in [-0.2, 0) is 6.54 Å². The number of aliphatic hydroxyl groups is 1. The fourth-order valence-electron chi connectivity index (χ4n) is 2.72. The molecule has 6 nitrogen and oxygen atoms in total. The number of hydrogen-bond donors (Lipinski definition) is 3. The normalized spacial score (nSPS) is 10.9. The molecule has 0 fully saturated rings. The fraction of sp³-hybridized carbons (Fsp3) is 0.263. The lowest BCUT2D eigenvalue weighted by atomic mass is 10.2. The highest BCUT2D eigenvalue weighted by molar-refractivity contribution is 6.04. The molecule has 0 saturated carbocycles. The van der Waals surface area contributed by atoms with Gasteiger partial charge in [-0.25, -0.2) is 0 Å². The second-order valence-corrected chi connectivity index (χ2v) is 5.74. The van der Waals surface area contributed by atoms with Crippen LogP contribution in [0.15, 0.2) is 54.6 Å². The van der Waals surface area contributed by atoms with Gasteiger partial charge in [-0.05, 0) is 11.6 Å². The Hall–Kier alpha value is -2.70. The summed E-state index contributed by atoms with van der Waals surface area (Å²) < 4.78 is 1.86. The summed E-state index contributed by atoms with van der Waals surface area (Å²) in [6, 6.07) is 17.8. The van der Waals surface area contributed by atoms with Gasteiger partial charge in [-0.1, -0.05) is 48.5 Å². The van der Waals surface area contributed by atoms with Gasteiger partial charge in [-0.15, -0.1) is 0 Å². The lowest BCUT2D eigenvalue weighted by Gasteiger charge is -2.04. The molecule has 0 aliphatic heterocycles. The SMILES string of the molecule is O=C(NCCNCCO)c1nn(Cc2ccccc2)c2ccccc12. The number of amides is 1. The molecular weight excluding hydrogens is 316 g/mol. The van der Waals surface area contributed by atoms with Crippen LogP contribution in [-0.4, -0.2) is 47.0 Å². The first-order valence-electron chi connectivity index (χ1n) is 8.39. The maximum absolute atomic E-state index is 12.5. The minimum Gasteiger partial charge on any atom is -0.395 e. The van der Waals surface area contributed by atoms with Crippen LogP contribution in [0.2, 0.25) is 0 Å². The minimum atomic E-state index is -0.186. The van der Waals surface area contributed by atoms with Crippen molar-refractivity contribution in [1.82, 2.24) is 20.4 Å². The molecule has 0 atom stereocenters. The Balaban J connectivity index is 1.78. The van der Waals surface area contributed by atoms with Crippen molar-refractivity contribution < 1.29 is 9.90 Å². The monoisotopic (exact) mass is 338 g/mol. The smallest absolute Gasteiger partial charge is 0.272 e. The zero-order valence-electron chi connectivity index (χ0n) is 14.0. The van der Waals surface area contributed by atoms with Crippen molar-refractivity contribution in [2.45, 2.75) is 6.54 Å². The first kappa shape index (κ1) is 17.1. The van der Waals surface area contributed by atoms with Crippen molar-refractivity contribution >= 4 is 16.8 Å². The summed E-state index contributed by atoms with van der Waals surface area (Å²) >= 11 is 0. The van der Waals surface area contributed by atoms with Gasteiger partial charge in [0, 0.05) is 25.0 Å². The molecule has 3 aromatic rings. The van der Waals surface area contributed by atoms with E-state index >= 15 is 0 Å². The molecule has 130 valence electrons. The maximum Gasteiger partial charge on any atom is 0.272 e. The number of nitrogens with one attached hydrogen (secondary N) is 2. The molecule has 0 radical (unpaired) electrons. The summed E-state index contributed by atoms with van der Waals surface area (Å²) in [5.74, 6) is -0.186. The number of aromatic nitrogens is 2. The highest BCUT2D eigenvalue weighted by atomic mass is 16.3. The number of benzene rings is 2. The van der Waals surface area contributed by atoms with Crippen molar-refractivity contribution in [1.29, 1.82) is 0 Å². The minimum absolute atomic E-state index is 0.0858. The van der Waals surface area contributed by atoms with E-state index in [9.17, 15) is 4.79 Å². The highest BCUT2D eigenvalue weighted by Gasteiger charge is 2.16. The Morgan fingerprint density at radius 1 is 1.00 bits per heavy atom. The van der Waals surface area contributed by atoms with E-state index in [2.05, 4.69) is 15.7 Å². The van der Waals surface area contributed by atoms with E-state index < -0.39 is 0 Å². The van der Waals surface area contributed by atoms with Gasteiger partial charge >= 0.3 is 0 Å². The van der Waals surface area contributed by atoms with Crippen LogP contribution < -0.4 is 10.6 Å². The van der Waals surface area contributed by atoms with Gasteiger partial charge in [0.1, 0.15) is 0 Å². The molecule has 0 aliphatic carbocycles. The molecule has 3 rings (SSSR count). The second-order valence-electron chi connectivity index (χ2n) is 5.74. The molecule has 1 heterocycles. The Labute approximate surface area is 146 Å². The third kappa shape index (κ3) is 4.23. The molecule has 1 aromatic heterocycles. The summed E-state index contributed by atoms with van der Waals surface area (Å²) in [7, 11) is 0. The van der Waals surface area contributed by atoms with Crippen LogP contribution in [0.1, 0.15) is 16.1 Å². The number of aliphatic hydroxyl groups excluding tert-OH is 1. The van der Waals surface area contributed by atoms with Crippen LogP contribution in [0.25, 0.3) is 10.9 Å². The second kappa shape index (κ2) is 8.41. The van der Waals surface area contributed by atoms with Crippen molar-refractivity contribution in [3.63, 3.8) is 0 Å². The van der Waals surface area contributed by atoms with E-state index in [1.165, 1.54) is 0 Å². The third-order valence-corrected chi connectivity index (χ3v) is 3.92. The molecule has 1 amide bonds. The number of rotatable bonds is 8. The average Bonchev–Trinajstić information content (AvgIpc) is 3.01. The molecule has 0 saturated heterocycles. The van der Waals surface area contributed by atoms with Gasteiger partial charge < -0.3 is 15.7 Å². The molecule has 0 bridgehead atoms. The highest BCUT2D eigenvalue weighted by Crippen LogP contribution is 2.19. The topological polar surface area (TPSA) is 79.2 Å². The first-order chi connectivity index (χ1) is 12.3. The van der Waals surface area contributed by atoms with E-state index in [4.69, 9.17) is 5.11 Å². The number of fused-ring (bicyclic) bond motifs is 1. The summed E-state index contributed by atoms with van der Waals surface area (Å²) in [5, 5.41) is 20.0.